The van der Waals surface area contributed by atoms with Crippen LogP contribution in [0, 0.1) is 5.41 Å². The quantitative estimate of drug-likeness (QED) is 0.602. The predicted octanol–water partition coefficient (Wildman–Crippen LogP) is 2.80. The molecule has 15 heavy (non-hydrogen) atoms. The summed E-state index contributed by atoms with van der Waals surface area (Å²) in [7, 11) is 0. The van der Waals surface area contributed by atoms with E-state index in [9.17, 15) is 0 Å². The molecule has 1 aromatic rings. The summed E-state index contributed by atoms with van der Waals surface area (Å²) < 4.78 is 5.67. The SMILES string of the molecule is CC(C)(C)Oc1ccc(Cl)cc1C(=N)N. The van der Waals surface area contributed by atoms with Gasteiger partial charge >= 0.3 is 0 Å². The molecular weight excluding hydrogens is 212 g/mol. The third kappa shape index (κ3) is 3.44. The van der Waals surface area contributed by atoms with Crippen LogP contribution in [-0.4, -0.2) is 11.4 Å². The summed E-state index contributed by atoms with van der Waals surface area (Å²) in [6, 6.07) is 5.07. The Kier molecular flexibility index (Phi) is 3.25. The Morgan fingerprint density at radius 1 is 1.40 bits per heavy atom. The fraction of sp³-hybridized carbons (Fsp3) is 0.364. The Morgan fingerprint density at radius 3 is 2.47 bits per heavy atom. The first-order valence-electron chi connectivity index (χ1n) is 4.62. The Hall–Kier alpha value is -1.22. The lowest BCUT2D eigenvalue weighted by Crippen LogP contribution is -2.25. The molecule has 0 aromatic heterocycles. The first-order chi connectivity index (χ1) is 6.79. The maximum Gasteiger partial charge on any atom is 0.131 e. The van der Waals surface area contributed by atoms with E-state index in [4.69, 9.17) is 27.5 Å². The average molecular weight is 227 g/mol. The maximum atomic E-state index is 7.42. The summed E-state index contributed by atoms with van der Waals surface area (Å²) >= 11 is 5.82. The Labute approximate surface area is 94.7 Å². The summed E-state index contributed by atoms with van der Waals surface area (Å²) in [4.78, 5) is 0. The van der Waals surface area contributed by atoms with E-state index in [2.05, 4.69) is 0 Å². The molecule has 0 unspecified atom stereocenters. The highest BCUT2D eigenvalue weighted by Crippen LogP contribution is 2.25. The number of hydrogen-bond donors (Lipinski definition) is 2. The Morgan fingerprint density at radius 2 is 2.00 bits per heavy atom. The van der Waals surface area contributed by atoms with Crippen molar-refractivity contribution in [2.75, 3.05) is 0 Å². The highest BCUT2D eigenvalue weighted by molar-refractivity contribution is 6.31. The van der Waals surface area contributed by atoms with E-state index in [1.807, 2.05) is 20.8 Å². The largest absolute Gasteiger partial charge is 0.487 e. The van der Waals surface area contributed by atoms with Gasteiger partial charge in [0.2, 0.25) is 0 Å². The van der Waals surface area contributed by atoms with Gasteiger partial charge in [-0.25, -0.2) is 0 Å². The van der Waals surface area contributed by atoms with E-state index in [0.29, 0.717) is 16.3 Å². The van der Waals surface area contributed by atoms with Gasteiger partial charge < -0.3 is 10.5 Å². The molecule has 0 fully saturated rings. The lowest BCUT2D eigenvalue weighted by molar-refractivity contribution is 0.130. The van der Waals surface area contributed by atoms with E-state index in [1.54, 1.807) is 18.2 Å². The molecule has 82 valence electrons. The van der Waals surface area contributed by atoms with Crippen LogP contribution in [0.5, 0.6) is 5.75 Å². The first-order valence-corrected chi connectivity index (χ1v) is 5.00. The van der Waals surface area contributed by atoms with Crippen LogP contribution in [0.2, 0.25) is 5.02 Å². The lowest BCUT2D eigenvalue weighted by atomic mass is 10.1. The van der Waals surface area contributed by atoms with Crippen LogP contribution in [0.4, 0.5) is 0 Å². The normalized spacial score (nSPS) is 11.2. The zero-order valence-electron chi connectivity index (χ0n) is 9.10. The fourth-order valence-electron chi connectivity index (χ4n) is 1.13. The van der Waals surface area contributed by atoms with Crippen LogP contribution >= 0.6 is 11.6 Å². The number of hydrogen-bond acceptors (Lipinski definition) is 2. The fourth-order valence-corrected chi connectivity index (χ4v) is 1.30. The monoisotopic (exact) mass is 226 g/mol. The molecule has 0 saturated carbocycles. The molecule has 3 N–H and O–H groups in total. The van der Waals surface area contributed by atoms with Gasteiger partial charge in [0, 0.05) is 5.02 Å². The third-order valence-corrected chi connectivity index (χ3v) is 1.88. The number of amidine groups is 1. The van der Waals surface area contributed by atoms with Crippen LogP contribution in [0.3, 0.4) is 0 Å². The molecule has 0 radical (unpaired) electrons. The number of halogens is 1. The number of nitrogens with two attached hydrogens (primary N) is 1. The topological polar surface area (TPSA) is 59.1 Å². The molecule has 0 aliphatic carbocycles. The van der Waals surface area contributed by atoms with Gasteiger partial charge in [0.05, 0.1) is 5.56 Å². The third-order valence-electron chi connectivity index (χ3n) is 1.65. The number of benzene rings is 1. The highest BCUT2D eigenvalue weighted by Gasteiger charge is 2.15. The number of ether oxygens (including phenoxy) is 1. The molecule has 0 heterocycles. The van der Waals surface area contributed by atoms with E-state index in [1.165, 1.54) is 0 Å². The van der Waals surface area contributed by atoms with Crippen molar-refractivity contribution < 1.29 is 4.74 Å². The molecule has 3 nitrogen and oxygen atoms in total. The number of rotatable bonds is 2. The standard InChI is InChI=1S/C11H15ClN2O/c1-11(2,3)15-9-5-4-7(12)6-8(9)10(13)14/h4-6H,1-3H3,(H3,13,14). The van der Waals surface area contributed by atoms with Crippen molar-refractivity contribution >= 4 is 17.4 Å². The first kappa shape index (κ1) is 11.9. The van der Waals surface area contributed by atoms with Gasteiger partial charge in [0.25, 0.3) is 0 Å². The van der Waals surface area contributed by atoms with Crippen LogP contribution in [0.1, 0.15) is 26.3 Å². The zero-order valence-corrected chi connectivity index (χ0v) is 9.85. The summed E-state index contributed by atoms with van der Waals surface area (Å²) in [5.74, 6) is 0.538. The van der Waals surface area contributed by atoms with Gasteiger partial charge in [-0.3, -0.25) is 5.41 Å². The van der Waals surface area contributed by atoms with Gasteiger partial charge in [-0.05, 0) is 39.0 Å². The summed E-state index contributed by atoms with van der Waals surface area (Å²) in [6.07, 6.45) is 0. The predicted molar refractivity (Wildman–Crippen MR) is 62.8 cm³/mol. The molecule has 1 rings (SSSR count). The van der Waals surface area contributed by atoms with E-state index in [-0.39, 0.29) is 11.4 Å². The minimum atomic E-state index is -0.321. The smallest absolute Gasteiger partial charge is 0.131 e. The molecule has 0 atom stereocenters. The maximum absolute atomic E-state index is 7.42. The summed E-state index contributed by atoms with van der Waals surface area (Å²) in [5.41, 5.74) is 5.65. The molecule has 1 aromatic carbocycles. The van der Waals surface area contributed by atoms with Crippen molar-refractivity contribution in [3.8, 4) is 5.75 Å². The Bertz CT molecular complexity index is 383. The van der Waals surface area contributed by atoms with Crippen LogP contribution in [-0.2, 0) is 0 Å². The van der Waals surface area contributed by atoms with E-state index < -0.39 is 0 Å². The van der Waals surface area contributed by atoms with Crippen LogP contribution in [0.15, 0.2) is 18.2 Å². The van der Waals surface area contributed by atoms with E-state index >= 15 is 0 Å². The van der Waals surface area contributed by atoms with Gasteiger partial charge in [0.15, 0.2) is 0 Å². The van der Waals surface area contributed by atoms with Crippen molar-refractivity contribution in [3.05, 3.63) is 28.8 Å². The molecule has 0 aliphatic rings. The van der Waals surface area contributed by atoms with Gasteiger partial charge in [-0.15, -0.1) is 0 Å². The van der Waals surface area contributed by atoms with E-state index in [0.717, 1.165) is 0 Å². The van der Waals surface area contributed by atoms with Crippen LogP contribution in [0.25, 0.3) is 0 Å². The van der Waals surface area contributed by atoms with Crippen molar-refractivity contribution in [2.24, 2.45) is 5.73 Å². The van der Waals surface area contributed by atoms with Crippen molar-refractivity contribution in [2.45, 2.75) is 26.4 Å². The molecule has 0 saturated heterocycles. The highest BCUT2D eigenvalue weighted by atomic mass is 35.5. The molecule has 0 spiro atoms. The Balaban J connectivity index is 3.12. The van der Waals surface area contributed by atoms with Crippen molar-refractivity contribution in [3.63, 3.8) is 0 Å². The molecule has 0 amide bonds. The number of nitrogens with one attached hydrogen (secondary N) is 1. The van der Waals surface area contributed by atoms with Crippen molar-refractivity contribution in [1.82, 2.24) is 0 Å². The second-order valence-electron chi connectivity index (χ2n) is 4.27. The van der Waals surface area contributed by atoms with Gasteiger partial charge in [-0.1, -0.05) is 11.6 Å². The number of nitrogen functional groups attached to an aromatic ring is 1. The lowest BCUT2D eigenvalue weighted by Gasteiger charge is -2.23. The van der Waals surface area contributed by atoms with Gasteiger partial charge in [0.1, 0.15) is 17.2 Å². The zero-order chi connectivity index (χ0) is 11.6. The van der Waals surface area contributed by atoms with Crippen molar-refractivity contribution in [1.29, 1.82) is 5.41 Å². The molecular formula is C11H15ClN2O. The second-order valence-corrected chi connectivity index (χ2v) is 4.71. The average Bonchev–Trinajstić information content (AvgIpc) is 2.05. The van der Waals surface area contributed by atoms with Gasteiger partial charge in [-0.2, -0.15) is 0 Å². The van der Waals surface area contributed by atoms with Crippen LogP contribution < -0.4 is 10.5 Å². The molecule has 4 heteroatoms. The molecule has 0 aliphatic heterocycles. The minimum Gasteiger partial charge on any atom is -0.487 e. The summed E-state index contributed by atoms with van der Waals surface area (Å²) in [5, 5.41) is 7.96. The molecule has 0 bridgehead atoms. The second kappa shape index (κ2) is 4.11. The minimum absolute atomic E-state index is 0.0447. The summed E-state index contributed by atoms with van der Waals surface area (Å²) in [6.45, 7) is 5.81.